The van der Waals surface area contributed by atoms with Crippen LogP contribution in [0.3, 0.4) is 0 Å². The number of ether oxygens (including phenoxy) is 1. The Balaban J connectivity index is 2.21. The van der Waals surface area contributed by atoms with Gasteiger partial charge in [-0.05, 0) is 26.0 Å². The standard InChI is InChI=1S/C18H23NO5/c1-5-24-14-10-18(16(22)23,17(14,3)4)19-15(21)13-8-6-12(7-9-13)11(2)20/h6-9,14H,5,10H2,1-4H3,(H,19,21)(H,22,23)/t14-,18-/m0/s1. The van der Waals surface area contributed by atoms with Crippen LogP contribution in [0.5, 0.6) is 0 Å². The molecule has 1 amide bonds. The van der Waals surface area contributed by atoms with E-state index >= 15 is 0 Å². The van der Waals surface area contributed by atoms with Crippen molar-refractivity contribution >= 4 is 17.7 Å². The predicted octanol–water partition coefficient (Wildman–Crippen LogP) is 2.28. The van der Waals surface area contributed by atoms with Crippen molar-refractivity contribution in [3.05, 3.63) is 35.4 Å². The van der Waals surface area contributed by atoms with Crippen LogP contribution in [0.1, 0.15) is 54.8 Å². The van der Waals surface area contributed by atoms with Crippen LogP contribution in [0.2, 0.25) is 0 Å². The summed E-state index contributed by atoms with van der Waals surface area (Å²) in [5.41, 5.74) is -1.29. The molecule has 0 spiro atoms. The number of Topliss-reactive ketones (excluding diaryl/α,β-unsaturated/α-hetero) is 1. The first-order chi connectivity index (χ1) is 11.2. The lowest BCUT2D eigenvalue weighted by molar-refractivity contribution is -0.190. The van der Waals surface area contributed by atoms with Crippen LogP contribution < -0.4 is 5.32 Å². The van der Waals surface area contributed by atoms with E-state index in [0.29, 0.717) is 17.7 Å². The van der Waals surface area contributed by atoms with Crippen molar-refractivity contribution in [2.45, 2.75) is 45.8 Å². The highest BCUT2D eigenvalue weighted by Crippen LogP contribution is 2.51. The molecule has 2 atom stereocenters. The number of hydrogen-bond acceptors (Lipinski definition) is 4. The van der Waals surface area contributed by atoms with Gasteiger partial charge in [-0.3, -0.25) is 9.59 Å². The minimum Gasteiger partial charge on any atom is -0.479 e. The molecule has 1 aromatic rings. The summed E-state index contributed by atoms with van der Waals surface area (Å²) in [7, 11) is 0. The summed E-state index contributed by atoms with van der Waals surface area (Å²) in [6.07, 6.45) is -0.000497. The Bertz CT molecular complexity index is 664. The van der Waals surface area contributed by atoms with Crippen LogP contribution in [0, 0.1) is 5.41 Å². The highest BCUT2D eigenvalue weighted by molar-refractivity contribution is 6.00. The van der Waals surface area contributed by atoms with Crippen LogP contribution in [0.25, 0.3) is 0 Å². The van der Waals surface area contributed by atoms with Crippen molar-refractivity contribution in [2.24, 2.45) is 5.41 Å². The number of carboxylic acid groups (broad SMARTS) is 1. The number of benzene rings is 1. The zero-order valence-corrected chi connectivity index (χ0v) is 14.4. The lowest BCUT2D eigenvalue weighted by atomic mass is 9.54. The van der Waals surface area contributed by atoms with Crippen LogP contribution in [0.4, 0.5) is 0 Å². The molecule has 1 fully saturated rings. The topological polar surface area (TPSA) is 92.7 Å². The number of carbonyl (C=O) groups excluding carboxylic acids is 2. The summed E-state index contributed by atoms with van der Waals surface area (Å²) in [5.74, 6) is -1.64. The van der Waals surface area contributed by atoms with Crippen molar-refractivity contribution in [1.82, 2.24) is 5.32 Å². The molecule has 0 bridgehead atoms. The Morgan fingerprint density at radius 1 is 1.21 bits per heavy atom. The summed E-state index contributed by atoms with van der Waals surface area (Å²) in [4.78, 5) is 35.6. The molecular formula is C18H23NO5. The Labute approximate surface area is 141 Å². The van der Waals surface area contributed by atoms with E-state index in [1.165, 1.54) is 19.1 Å². The minimum absolute atomic E-state index is 0.0938. The number of amides is 1. The van der Waals surface area contributed by atoms with Gasteiger partial charge in [0.15, 0.2) is 5.78 Å². The van der Waals surface area contributed by atoms with Gasteiger partial charge in [0.25, 0.3) is 5.91 Å². The van der Waals surface area contributed by atoms with Gasteiger partial charge in [-0.1, -0.05) is 26.0 Å². The number of carboxylic acids is 1. The van der Waals surface area contributed by atoms with E-state index in [1.807, 2.05) is 6.92 Å². The van der Waals surface area contributed by atoms with E-state index in [4.69, 9.17) is 4.74 Å². The summed E-state index contributed by atoms with van der Waals surface area (Å²) < 4.78 is 5.58. The monoisotopic (exact) mass is 333 g/mol. The average molecular weight is 333 g/mol. The van der Waals surface area contributed by atoms with E-state index in [-0.39, 0.29) is 18.3 Å². The maximum absolute atomic E-state index is 12.5. The highest BCUT2D eigenvalue weighted by Gasteiger charge is 2.66. The van der Waals surface area contributed by atoms with Gasteiger partial charge < -0.3 is 15.2 Å². The Hall–Kier alpha value is -2.21. The van der Waals surface area contributed by atoms with Gasteiger partial charge in [0.1, 0.15) is 5.54 Å². The summed E-state index contributed by atoms with van der Waals surface area (Å²) in [5, 5.41) is 12.4. The van der Waals surface area contributed by atoms with E-state index in [9.17, 15) is 19.5 Å². The van der Waals surface area contributed by atoms with Crippen LogP contribution in [0.15, 0.2) is 24.3 Å². The van der Waals surface area contributed by atoms with Crippen molar-refractivity contribution < 1.29 is 24.2 Å². The molecule has 0 unspecified atom stereocenters. The van der Waals surface area contributed by atoms with Gasteiger partial charge >= 0.3 is 5.97 Å². The zero-order chi connectivity index (χ0) is 18.1. The average Bonchev–Trinajstić information content (AvgIpc) is 2.53. The molecule has 1 saturated carbocycles. The van der Waals surface area contributed by atoms with Gasteiger partial charge in [0, 0.05) is 29.6 Å². The molecule has 1 aliphatic rings. The molecule has 2 N–H and O–H groups in total. The second-order valence-corrected chi connectivity index (χ2v) is 6.67. The first kappa shape index (κ1) is 18.1. The van der Waals surface area contributed by atoms with E-state index in [1.54, 1.807) is 26.0 Å². The van der Waals surface area contributed by atoms with E-state index in [2.05, 4.69) is 5.32 Å². The number of carbonyl (C=O) groups is 3. The van der Waals surface area contributed by atoms with Crippen LogP contribution >= 0.6 is 0 Å². The van der Waals surface area contributed by atoms with E-state index < -0.39 is 22.8 Å². The van der Waals surface area contributed by atoms with Gasteiger partial charge in [-0.2, -0.15) is 0 Å². The summed E-state index contributed by atoms with van der Waals surface area (Å²) in [6.45, 7) is 7.35. The van der Waals surface area contributed by atoms with Gasteiger partial charge in [0.2, 0.25) is 0 Å². The molecule has 0 radical (unpaired) electrons. The second-order valence-electron chi connectivity index (χ2n) is 6.67. The predicted molar refractivity (Wildman–Crippen MR) is 88.1 cm³/mol. The summed E-state index contributed by atoms with van der Waals surface area (Å²) in [6, 6.07) is 6.15. The fourth-order valence-corrected chi connectivity index (χ4v) is 3.16. The zero-order valence-electron chi connectivity index (χ0n) is 14.4. The maximum atomic E-state index is 12.5. The number of aliphatic carboxylic acids is 1. The molecule has 0 aliphatic heterocycles. The lowest BCUT2D eigenvalue weighted by Gasteiger charge is -2.58. The first-order valence-corrected chi connectivity index (χ1v) is 7.94. The highest BCUT2D eigenvalue weighted by atomic mass is 16.5. The third-order valence-corrected chi connectivity index (χ3v) is 5.01. The van der Waals surface area contributed by atoms with Gasteiger partial charge in [0.05, 0.1) is 6.10 Å². The first-order valence-electron chi connectivity index (χ1n) is 7.94. The molecule has 1 aromatic carbocycles. The third kappa shape index (κ3) is 2.82. The quantitative estimate of drug-likeness (QED) is 0.779. The smallest absolute Gasteiger partial charge is 0.330 e. The largest absolute Gasteiger partial charge is 0.479 e. The molecule has 1 aliphatic carbocycles. The van der Waals surface area contributed by atoms with Crippen molar-refractivity contribution in [3.8, 4) is 0 Å². The Morgan fingerprint density at radius 2 is 1.75 bits per heavy atom. The molecular weight excluding hydrogens is 310 g/mol. The van der Waals surface area contributed by atoms with Crippen molar-refractivity contribution in [3.63, 3.8) is 0 Å². The molecule has 6 heteroatoms. The SMILES string of the molecule is CCO[C@H]1C[C@](NC(=O)c2ccc(C(C)=O)cc2)(C(=O)O)C1(C)C. The molecule has 0 heterocycles. The number of rotatable bonds is 6. The normalized spacial score (nSPS) is 24.8. The number of ketones is 1. The number of hydrogen-bond donors (Lipinski definition) is 2. The lowest BCUT2D eigenvalue weighted by Crippen LogP contribution is -2.76. The Kier molecular flexibility index (Phi) is 4.80. The fraction of sp³-hybridized carbons (Fsp3) is 0.500. The van der Waals surface area contributed by atoms with Crippen molar-refractivity contribution in [2.75, 3.05) is 6.61 Å². The molecule has 130 valence electrons. The summed E-state index contributed by atoms with van der Waals surface area (Å²) >= 11 is 0. The van der Waals surface area contributed by atoms with Crippen molar-refractivity contribution in [1.29, 1.82) is 0 Å². The molecule has 0 aromatic heterocycles. The van der Waals surface area contributed by atoms with Crippen LogP contribution in [-0.2, 0) is 9.53 Å². The van der Waals surface area contributed by atoms with E-state index in [0.717, 1.165) is 0 Å². The minimum atomic E-state index is -1.37. The molecule has 24 heavy (non-hydrogen) atoms. The third-order valence-electron chi connectivity index (χ3n) is 5.01. The molecule has 0 saturated heterocycles. The van der Waals surface area contributed by atoms with Crippen LogP contribution in [-0.4, -0.2) is 41.0 Å². The second kappa shape index (κ2) is 6.36. The Morgan fingerprint density at radius 3 is 2.17 bits per heavy atom. The number of nitrogens with one attached hydrogen (secondary N) is 1. The van der Waals surface area contributed by atoms with Gasteiger partial charge in [-0.25, -0.2) is 4.79 Å². The molecule has 2 rings (SSSR count). The molecule has 6 nitrogen and oxygen atoms in total. The fourth-order valence-electron chi connectivity index (χ4n) is 3.16. The van der Waals surface area contributed by atoms with Gasteiger partial charge in [-0.15, -0.1) is 0 Å². The maximum Gasteiger partial charge on any atom is 0.330 e.